The van der Waals surface area contributed by atoms with Gasteiger partial charge in [0.2, 0.25) is 0 Å². The van der Waals surface area contributed by atoms with Crippen molar-refractivity contribution in [2.75, 3.05) is 12.5 Å². The lowest BCUT2D eigenvalue weighted by molar-refractivity contribution is 0.245. The van der Waals surface area contributed by atoms with Gasteiger partial charge in [-0.05, 0) is 36.8 Å². The van der Waals surface area contributed by atoms with E-state index in [0.29, 0.717) is 26.4 Å². The summed E-state index contributed by atoms with van der Waals surface area (Å²) in [6.45, 7) is 0. The Kier molecular flexibility index (Phi) is 5.27. The van der Waals surface area contributed by atoms with E-state index in [0.717, 1.165) is 4.68 Å². The largest absolute Gasteiger partial charge is 0.350 e. The number of amides is 1. The number of carbonyl (C=O) groups is 1. The third kappa shape index (κ3) is 3.58. The molecule has 1 aromatic heterocycles. The molecule has 0 saturated heterocycles. The van der Waals surface area contributed by atoms with Gasteiger partial charge in [-0.15, -0.1) is 28.6 Å². The van der Waals surface area contributed by atoms with E-state index in [2.05, 4.69) is 15.3 Å². The van der Waals surface area contributed by atoms with Gasteiger partial charge in [-0.1, -0.05) is 11.6 Å². The van der Waals surface area contributed by atoms with Gasteiger partial charge in [-0.25, -0.2) is 4.79 Å². The zero-order valence-electron chi connectivity index (χ0n) is 11.3. The lowest BCUT2D eigenvalue weighted by Crippen LogP contribution is -2.21. The van der Waals surface area contributed by atoms with Gasteiger partial charge in [0.25, 0.3) is 0 Å². The van der Waals surface area contributed by atoms with Crippen LogP contribution in [0.1, 0.15) is 0 Å². The topological polar surface area (TPSA) is 85.6 Å². The highest BCUT2D eigenvalue weighted by atomic mass is 35.5. The second kappa shape index (κ2) is 6.97. The van der Waals surface area contributed by atoms with Gasteiger partial charge in [0.05, 0.1) is 5.69 Å². The van der Waals surface area contributed by atoms with E-state index in [9.17, 15) is 4.79 Å². The molecular weight excluding hydrogens is 330 g/mol. The first-order valence-electron chi connectivity index (χ1n) is 5.75. The highest BCUT2D eigenvalue weighted by Crippen LogP contribution is 2.37. The third-order valence-corrected chi connectivity index (χ3v) is 4.14. The second-order valence-electron chi connectivity index (χ2n) is 3.79. The molecule has 0 aliphatic carbocycles. The molecule has 21 heavy (non-hydrogen) atoms. The molecule has 0 unspecified atom stereocenters. The molecule has 0 atom stereocenters. The number of hydrogen-bond donors (Lipinski definition) is 1. The molecule has 9 heteroatoms. The van der Waals surface area contributed by atoms with Gasteiger partial charge in [0.15, 0.2) is 5.69 Å². The van der Waals surface area contributed by atoms with Crippen molar-refractivity contribution in [3.63, 3.8) is 0 Å². The molecule has 0 radical (unpaired) electrons. The molecule has 2 aromatic rings. The fraction of sp³-hybridized carbons (Fsp3) is 0.167. The van der Waals surface area contributed by atoms with Crippen molar-refractivity contribution in [2.24, 2.45) is 16.0 Å². The Morgan fingerprint density at radius 3 is 2.43 bits per heavy atom. The highest BCUT2D eigenvalue weighted by Gasteiger charge is 2.19. The summed E-state index contributed by atoms with van der Waals surface area (Å²) < 4.78 is 1.13. The van der Waals surface area contributed by atoms with Crippen LogP contribution < -0.4 is 5.73 Å². The van der Waals surface area contributed by atoms with Crippen LogP contribution in [0.3, 0.4) is 0 Å². The van der Waals surface area contributed by atoms with E-state index < -0.39 is 6.03 Å². The number of thioether (sulfide) groups is 2. The normalized spacial score (nSPS) is 11.2. The van der Waals surface area contributed by atoms with Crippen LogP contribution in [-0.2, 0) is 0 Å². The average Bonchev–Trinajstić information content (AvgIpc) is 2.84. The quantitative estimate of drug-likeness (QED) is 0.662. The van der Waals surface area contributed by atoms with Gasteiger partial charge < -0.3 is 5.73 Å². The van der Waals surface area contributed by atoms with Crippen LogP contribution in [0, 0.1) is 0 Å². The molecule has 1 heterocycles. The zero-order chi connectivity index (χ0) is 15.4. The summed E-state index contributed by atoms with van der Waals surface area (Å²) in [6, 6.07) is 6.31. The van der Waals surface area contributed by atoms with Crippen LogP contribution >= 0.6 is 35.1 Å². The van der Waals surface area contributed by atoms with E-state index in [4.69, 9.17) is 17.3 Å². The minimum atomic E-state index is -0.650. The molecule has 6 nitrogen and oxygen atoms in total. The predicted octanol–water partition coefficient (Wildman–Crippen LogP) is 4.32. The zero-order valence-corrected chi connectivity index (χ0v) is 13.7. The summed E-state index contributed by atoms with van der Waals surface area (Å²) in [6.07, 6.45) is 3.67. The molecular formula is C12H12ClN5OS2. The maximum absolute atomic E-state index is 11.4. The maximum Gasteiger partial charge on any atom is 0.340 e. The Hall–Kier alpha value is -1.51. The predicted molar refractivity (Wildman–Crippen MR) is 86.4 cm³/mol. The van der Waals surface area contributed by atoms with Crippen molar-refractivity contribution in [1.29, 1.82) is 0 Å². The monoisotopic (exact) mass is 341 g/mol. The maximum atomic E-state index is 11.4. The van der Waals surface area contributed by atoms with Crippen LogP contribution in [0.25, 0.3) is 0 Å². The number of rotatable bonds is 4. The van der Waals surface area contributed by atoms with Crippen molar-refractivity contribution in [3.8, 4) is 0 Å². The SMILES string of the molecule is CSc1nn(C(N)=O)c(SC)c1N=Nc1ccc(Cl)cc1. The Morgan fingerprint density at radius 1 is 1.24 bits per heavy atom. The van der Waals surface area contributed by atoms with Crippen LogP contribution in [0.2, 0.25) is 5.02 Å². The van der Waals surface area contributed by atoms with Crippen molar-refractivity contribution in [3.05, 3.63) is 29.3 Å². The molecule has 110 valence electrons. The Labute approximate surface area is 135 Å². The number of benzene rings is 1. The van der Waals surface area contributed by atoms with Crippen molar-refractivity contribution >= 4 is 52.5 Å². The number of nitrogens with two attached hydrogens (primary N) is 1. The molecule has 1 amide bonds. The fourth-order valence-electron chi connectivity index (χ4n) is 1.55. The van der Waals surface area contributed by atoms with E-state index >= 15 is 0 Å². The minimum absolute atomic E-state index is 0.531. The van der Waals surface area contributed by atoms with Crippen LogP contribution in [0.15, 0.2) is 44.5 Å². The minimum Gasteiger partial charge on any atom is -0.350 e. The summed E-state index contributed by atoms with van der Waals surface area (Å²) in [7, 11) is 0. The summed E-state index contributed by atoms with van der Waals surface area (Å²) in [5.74, 6) is 0. The molecule has 0 spiro atoms. The number of nitrogens with zero attached hydrogens (tertiary/aromatic N) is 4. The average molecular weight is 342 g/mol. The van der Waals surface area contributed by atoms with E-state index in [-0.39, 0.29) is 0 Å². The Morgan fingerprint density at radius 2 is 1.90 bits per heavy atom. The van der Waals surface area contributed by atoms with Gasteiger partial charge in [0, 0.05) is 5.02 Å². The molecule has 0 fully saturated rings. The van der Waals surface area contributed by atoms with Crippen molar-refractivity contribution in [2.45, 2.75) is 10.1 Å². The Bertz CT molecular complexity index is 684. The van der Waals surface area contributed by atoms with Crippen molar-refractivity contribution in [1.82, 2.24) is 9.78 Å². The smallest absolute Gasteiger partial charge is 0.340 e. The van der Waals surface area contributed by atoms with E-state index in [1.165, 1.54) is 23.5 Å². The summed E-state index contributed by atoms with van der Waals surface area (Å²) in [5, 5.41) is 14.3. The van der Waals surface area contributed by atoms with Gasteiger partial charge in [-0.3, -0.25) is 0 Å². The molecule has 0 aliphatic rings. The summed E-state index contributed by atoms with van der Waals surface area (Å²) in [5.41, 5.74) is 6.49. The molecule has 2 N–H and O–H groups in total. The number of azo groups is 1. The standard InChI is InChI=1S/C12H12ClN5OS2/c1-20-10-9(11(21-2)18(17-10)12(14)19)16-15-8-5-3-7(13)4-6-8/h3-6H,1-2H3,(H2,14,19). The highest BCUT2D eigenvalue weighted by molar-refractivity contribution is 7.99. The van der Waals surface area contributed by atoms with Gasteiger partial charge >= 0.3 is 6.03 Å². The van der Waals surface area contributed by atoms with E-state index in [1.807, 2.05) is 12.5 Å². The first-order valence-corrected chi connectivity index (χ1v) is 8.57. The first kappa shape index (κ1) is 15.9. The number of halogens is 1. The lowest BCUT2D eigenvalue weighted by atomic mass is 10.3. The molecule has 0 saturated carbocycles. The van der Waals surface area contributed by atoms with E-state index in [1.54, 1.807) is 24.3 Å². The molecule has 0 aliphatic heterocycles. The fourth-order valence-corrected chi connectivity index (χ4v) is 2.87. The van der Waals surface area contributed by atoms with Crippen LogP contribution in [0.4, 0.5) is 16.2 Å². The first-order chi connectivity index (χ1) is 10.1. The second-order valence-corrected chi connectivity index (χ2v) is 5.82. The number of primary amides is 1. The van der Waals surface area contributed by atoms with Crippen LogP contribution in [0.5, 0.6) is 0 Å². The van der Waals surface area contributed by atoms with Crippen LogP contribution in [-0.4, -0.2) is 28.3 Å². The van der Waals surface area contributed by atoms with Gasteiger partial charge in [0.1, 0.15) is 10.1 Å². The number of carbonyl (C=O) groups excluding carboxylic acids is 1. The number of hydrogen-bond acceptors (Lipinski definition) is 6. The van der Waals surface area contributed by atoms with Crippen molar-refractivity contribution < 1.29 is 4.79 Å². The van der Waals surface area contributed by atoms with Gasteiger partial charge in [-0.2, -0.15) is 14.9 Å². The molecule has 1 aromatic carbocycles. The summed E-state index contributed by atoms with van der Waals surface area (Å²) >= 11 is 8.53. The third-order valence-electron chi connectivity index (χ3n) is 2.48. The molecule has 2 rings (SSSR count). The molecule has 0 bridgehead atoms. The number of aromatic nitrogens is 2. The summed E-state index contributed by atoms with van der Waals surface area (Å²) in [4.78, 5) is 11.4. The lowest BCUT2D eigenvalue weighted by Gasteiger charge is -1.99. The Balaban J connectivity index is 2.42.